The molecule has 1 aliphatic carbocycles. The summed E-state index contributed by atoms with van der Waals surface area (Å²) >= 11 is 0. The number of hydrogen-bond acceptors (Lipinski definition) is 2. The van der Waals surface area contributed by atoms with Crippen molar-refractivity contribution in [1.29, 1.82) is 0 Å². The van der Waals surface area contributed by atoms with Gasteiger partial charge >= 0.3 is 0 Å². The third-order valence-corrected chi connectivity index (χ3v) is 6.02. The van der Waals surface area contributed by atoms with Crippen molar-refractivity contribution in [2.24, 2.45) is 18.7 Å². The van der Waals surface area contributed by atoms with E-state index in [4.69, 9.17) is 5.73 Å². The molecule has 2 aliphatic rings. The molecule has 4 rings (SSSR count). The Morgan fingerprint density at radius 1 is 1.23 bits per heavy atom. The molecule has 1 aliphatic heterocycles. The molecule has 1 atom stereocenters. The summed E-state index contributed by atoms with van der Waals surface area (Å²) in [5.41, 5.74) is 13.7. The van der Waals surface area contributed by atoms with Crippen LogP contribution in [0.2, 0.25) is 0 Å². The maximum Gasteiger partial charge on any atom is 0.0486 e. The van der Waals surface area contributed by atoms with Crippen LogP contribution in [-0.4, -0.2) is 10.6 Å². The lowest BCUT2D eigenvalue weighted by Crippen LogP contribution is -2.30. The molecule has 2 heterocycles. The van der Waals surface area contributed by atoms with E-state index in [1.807, 2.05) is 0 Å². The normalized spacial score (nSPS) is 20.0. The summed E-state index contributed by atoms with van der Waals surface area (Å²) in [6.45, 7) is 4.26. The lowest BCUT2D eigenvalue weighted by atomic mass is 9.91. The van der Waals surface area contributed by atoms with Crippen LogP contribution in [0.3, 0.4) is 0 Å². The average Bonchev–Trinajstić information content (AvgIpc) is 3.23. The third-order valence-electron chi connectivity index (χ3n) is 6.02. The molecule has 0 saturated heterocycles. The molecule has 0 amide bonds. The second-order valence-electron chi connectivity index (χ2n) is 7.28. The topological polar surface area (TPSA) is 43.0 Å². The van der Waals surface area contributed by atoms with Crippen LogP contribution < -0.4 is 11.1 Å². The fraction of sp³-hybridized carbons (Fsp3) is 0.579. The second-order valence-corrected chi connectivity index (χ2v) is 7.28. The highest BCUT2D eigenvalue weighted by Crippen LogP contribution is 2.33. The van der Waals surface area contributed by atoms with E-state index < -0.39 is 0 Å². The van der Waals surface area contributed by atoms with Gasteiger partial charge in [-0.25, -0.2) is 0 Å². The number of hydrogen-bond donors (Lipinski definition) is 2. The van der Waals surface area contributed by atoms with Gasteiger partial charge in [0.05, 0.1) is 0 Å². The molecule has 0 radical (unpaired) electrons. The maximum absolute atomic E-state index is 6.57. The van der Waals surface area contributed by atoms with Gasteiger partial charge < -0.3 is 15.6 Å². The van der Waals surface area contributed by atoms with E-state index in [9.17, 15) is 0 Å². The van der Waals surface area contributed by atoms with E-state index in [0.717, 1.165) is 25.4 Å². The molecule has 1 fully saturated rings. The van der Waals surface area contributed by atoms with E-state index >= 15 is 0 Å². The van der Waals surface area contributed by atoms with Crippen molar-refractivity contribution in [2.75, 3.05) is 0 Å². The first-order chi connectivity index (χ1) is 10.6. The predicted octanol–water partition coefficient (Wildman–Crippen LogP) is 3.15. The lowest BCUT2D eigenvalue weighted by molar-refractivity contribution is 0.429. The van der Waals surface area contributed by atoms with Gasteiger partial charge in [0.1, 0.15) is 0 Å². The monoisotopic (exact) mass is 297 g/mol. The number of nitrogens with two attached hydrogens (primary N) is 1. The first-order valence-electron chi connectivity index (χ1n) is 8.71. The summed E-state index contributed by atoms with van der Waals surface area (Å²) in [6, 6.07) is 5.11. The van der Waals surface area contributed by atoms with Crippen molar-refractivity contribution in [3.63, 3.8) is 0 Å². The van der Waals surface area contributed by atoms with Crippen LogP contribution in [0.15, 0.2) is 12.1 Å². The number of nitrogens with zero attached hydrogens (tertiary/aromatic N) is 1. The predicted molar refractivity (Wildman–Crippen MR) is 91.8 cm³/mol. The Kier molecular flexibility index (Phi) is 3.50. The molecule has 0 bridgehead atoms. The van der Waals surface area contributed by atoms with E-state index in [2.05, 4.69) is 36.0 Å². The average molecular weight is 297 g/mol. The van der Waals surface area contributed by atoms with Crippen LogP contribution in [0.5, 0.6) is 0 Å². The maximum atomic E-state index is 6.57. The van der Waals surface area contributed by atoms with Gasteiger partial charge in [0.2, 0.25) is 0 Å². The quantitative estimate of drug-likeness (QED) is 0.914. The van der Waals surface area contributed by atoms with E-state index in [-0.39, 0.29) is 0 Å². The number of nitrogens with one attached hydrogen (secondary N) is 1. The van der Waals surface area contributed by atoms with Gasteiger partial charge in [-0.1, -0.05) is 12.8 Å². The Balaban J connectivity index is 1.74. The zero-order valence-electron chi connectivity index (χ0n) is 13.8. The van der Waals surface area contributed by atoms with Crippen LogP contribution in [-0.2, 0) is 26.6 Å². The molecule has 3 heteroatoms. The van der Waals surface area contributed by atoms with Crippen LogP contribution >= 0.6 is 0 Å². The van der Waals surface area contributed by atoms with Crippen LogP contribution in [0.4, 0.5) is 0 Å². The van der Waals surface area contributed by atoms with Gasteiger partial charge in [0, 0.05) is 42.8 Å². The van der Waals surface area contributed by atoms with Crippen LogP contribution in [0.25, 0.3) is 10.9 Å². The zero-order valence-corrected chi connectivity index (χ0v) is 13.8. The molecule has 1 saturated carbocycles. The largest absolute Gasteiger partial charge is 0.348 e. The summed E-state index contributed by atoms with van der Waals surface area (Å²) in [5, 5.41) is 4.88. The summed E-state index contributed by atoms with van der Waals surface area (Å²) in [6.07, 6.45) is 6.41. The van der Waals surface area contributed by atoms with E-state index in [0.29, 0.717) is 6.04 Å². The highest BCUT2D eigenvalue weighted by atomic mass is 15.0. The molecular weight excluding hydrogens is 270 g/mol. The molecule has 118 valence electrons. The van der Waals surface area contributed by atoms with Gasteiger partial charge in [0.25, 0.3) is 0 Å². The summed E-state index contributed by atoms with van der Waals surface area (Å²) in [4.78, 5) is 0. The van der Waals surface area contributed by atoms with E-state index in [1.165, 1.54) is 59.0 Å². The van der Waals surface area contributed by atoms with Gasteiger partial charge in [-0.2, -0.15) is 0 Å². The number of fused-ring (bicyclic) bond motifs is 2. The Morgan fingerprint density at radius 2 is 1.91 bits per heavy atom. The zero-order chi connectivity index (χ0) is 15.3. The van der Waals surface area contributed by atoms with Crippen molar-refractivity contribution in [2.45, 2.75) is 58.2 Å². The molecular formula is C19H27N3. The van der Waals surface area contributed by atoms with Crippen molar-refractivity contribution < 1.29 is 0 Å². The fourth-order valence-corrected chi connectivity index (χ4v) is 4.48. The minimum atomic E-state index is 0.318. The highest BCUT2D eigenvalue weighted by Gasteiger charge is 2.25. The minimum absolute atomic E-state index is 0.318. The van der Waals surface area contributed by atoms with Crippen LogP contribution in [0, 0.1) is 12.8 Å². The smallest absolute Gasteiger partial charge is 0.0486 e. The van der Waals surface area contributed by atoms with E-state index in [1.54, 1.807) is 0 Å². The van der Waals surface area contributed by atoms with Gasteiger partial charge in [0.15, 0.2) is 0 Å². The van der Waals surface area contributed by atoms with Crippen molar-refractivity contribution in [3.8, 4) is 0 Å². The second kappa shape index (κ2) is 5.39. The van der Waals surface area contributed by atoms with Crippen molar-refractivity contribution in [1.82, 2.24) is 9.88 Å². The number of aryl methyl sites for hydroxylation is 1. The molecule has 0 spiro atoms. The Hall–Kier alpha value is -1.32. The Morgan fingerprint density at radius 3 is 2.64 bits per heavy atom. The fourth-order valence-electron chi connectivity index (χ4n) is 4.48. The molecule has 3 N–H and O–H groups in total. The Labute approximate surface area is 132 Å². The molecule has 3 nitrogen and oxygen atoms in total. The number of benzene rings is 1. The van der Waals surface area contributed by atoms with Gasteiger partial charge in [-0.15, -0.1) is 0 Å². The van der Waals surface area contributed by atoms with Crippen LogP contribution in [0.1, 0.15) is 48.1 Å². The lowest BCUT2D eigenvalue weighted by Gasteiger charge is -2.19. The minimum Gasteiger partial charge on any atom is -0.348 e. The summed E-state index contributed by atoms with van der Waals surface area (Å²) < 4.78 is 2.35. The molecule has 1 aromatic carbocycles. The Bertz CT molecular complexity index is 707. The number of rotatable bonds is 3. The SMILES string of the molecule is Cc1c(CC(N)C2CCCC2)c2cc3c(cc2n1C)CNC3. The van der Waals surface area contributed by atoms with Gasteiger partial charge in [-0.3, -0.25) is 0 Å². The summed E-state index contributed by atoms with van der Waals surface area (Å²) in [7, 11) is 2.19. The molecule has 1 unspecified atom stereocenters. The molecule has 2 aromatic rings. The summed E-state index contributed by atoms with van der Waals surface area (Å²) in [5.74, 6) is 0.728. The van der Waals surface area contributed by atoms with Crippen molar-refractivity contribution in [3.05, 3.63) is 34.5 Å². The third kappa shape index (κ3) is 2.19. The molecule has 1 aromatic heterocycles. The molecule has 22 heavy (non-hydrogen) atoms. The van der Waals surface area contributed by atoms with Crippen molar-refractivity contribution >= 4 is 10.9 Å². The standard InChI is InChI=1S/C19H27N3/c1-12-16(9-18(20)13-5-3-4-6-13)17-7-14-10-21-11-15(14)8-19(17)22(12)2/h7-8,13,18,21H,3-6,9-11,20H2,1-2H3. The highest BCUT2D eigenvalue weighted by molar-refractivity contribution is 5.87. The first kappa shape index (κ1) is 14.3. The van der Waals surface area contributed by atoms with Gasteiger partial charge in [-0.05, 0) is 60.9 Å². The first-order valence-corrected chi connectivity index (χ1v) is 8.71. The number of aromatic nitrogens is 1.